The van der Waals surface area contributed by atoms with Crippen molar-refractivity contribution >= 4 is 35.0 Å². The Hall–Kier alpha value is -3.32. The molecule has 158 valence electrons. The van der Waals surface area contributed by atoms with Crippen molar-refractivity contribution in [2.75, 3.05) is 23.9 Å². The van der Waals surface area contributed by atoms with Crippen LogP contribution in [0.3, 0.4) is 0 Å². The Kier molecular flexibility index (Phi) is 6.52. The molecule has 2 amide bonds. The first-order valence-electron chi connectivity index (χ1n) is 10.1. The number of rotatable bonds is 6. The molecule has 0 aliphatic carbocycles. The van der Waals surface area contributed by atoms with E-state index in [1.54, 1.807) is 48.5 Å². The van der Waals surface area contributed by atoms with Crippen LogP contribution in [0, 0.1) is 0 Å². The summed E-state index contributed by atoms with van der Waals surface area (Å²) in [6, 6.07) is 18.5. The standard InChI is InChI=1S/C24H23N3O3S/c1-30-21-13-10-18(16-20(21)27-15-5-3-7-23(27)28)26-24(29)17-8-11-19(12-9-17)31-22-6-2-4-14-25-22/h2,4,6,8-14,16H,3,5,7,15H2,1H3,(H,26,29). The molecule has 0 radical (unpaired) electrons. The average Bonchev–Trinajstić information content (AvgIpc) is 2.80. The van der Waals surface area contributed by atoms with Crippen LogP contribution in [-0.4, -0.2) is 30.5 Å². The zero-order valence-electron chi connectivity index (χ0n) is 17.2. The van der Waals surface area contributed by atoms with Crippen molar-refractivity contribution in [2.24, 2.45) is 0 Å². The average molecular weight is 434 g/mol. The van der Waals surface area contributed by atoms with Crippen molar-refractivity contribution in [3.63, 3.8) is 0 Å². The number of carbonyl (C=O) groups is 2. The highest BCUT2D eigenvalue weighted by atomic mass is 32.2. The van der Waals surface area contributed by atoms with Crippen LogP contribution in [0.25, 0.3) is 0 Å². The second kappa shape index (κ2) is 9.66. The van der Waals surface area contributed by atoms with Gasteiger partial charge in [0.05, 0.1) is 12.8 Å². The van der Waals surface area contributed by atoms with Gasteiger partial charge in [0.25, 0.3) is 5.91 Å². The van der Waals surface area contributed by atoms with Gasteiger partial charge in [-0.2, -0.15) is 0 Å². The number of anilines is 2. The van der Waals surface area contributed by atoms with Gasteiger partial charge >= 0.3 is 0 Å². The van der Waals surface area contributed by atoms with Crippen molar-refractivity contribution < 1.29 is 14.3 Å². The molecule has 1 saturated heterocycles. The lowest BCUT2D eigenvalue weighted by molar-refractivity contribution is -0.119. The third-order valence-electron chi connectivity index (χ3n) is 5.03. The third kappa shape index (κ3) is 5.06. The van der Waals surface area contributed by atoms with Gasteiger partial charge in [-0.15, -0.1) is 0 Å². The van der Waals surface area contributed by atoms with Gasteiger partial charge in [-0.05, 0) is 67.4 Å². The number of methoxy groups -OCH3 is 1. The molecule has 0 unspecified atom stereocenters. The first kappa shape index (κ1) is 20.9. The molecule has 0 atom stereocenters. The van der Waals surface area contributed by atoms with E-state index in [0.29, 0.717) is 35.7 Å². The molecule has 31 heavy (non-hydrogen) atoms. The number of carbonyl (C=O) groups excluding carboxylic acids is 2. The number of piperidine rings is 1. The lowest BCUT2D eigenvalue weighted by Crippen LogP contribution is -2.35. The van der Waals surface area contributed by atoms with E-state index in [0.717, 1.165) is 22.8 Å². The van der Waals surface area contributed by atoms with Crippen molar-refractivity contribution in [3.05, 3.63) is 72.4 Å². The predicted octanol–water partition coefficient (Wildman–Crippen LogP) is 5.01. The minimum absolute atomic E-state index is 0.0778. The number of nitrogens with one attached hydrogen (secondary N) is 1. The van der Waals surface area contributed by atoms with Gasteiger partial charge in [-0.3, -0.25) is 9.59 Å². The van der Waals surface area contributed by atoms with Crippen LogP contribution in [0.15, 0.2) is 76.8 Å². The summed E-state index contributed by atoms with van der Waals surface area (Å²) >= 11 is 1.54. The highest BCUT2D eigenvalue weighted by Gasteiger charge is 2.23. The fourth-order valence-electron chi connectivity index (χ4n) is 3.45. The van der Waals surface area contributed by atoms with E-state index >= 15 is 0 Å². The van der Waals surface area contributed by atoms with E-state index in [1.165, 1.54) is 11.8 Å². The zero-order chi connectivity index (χ0) is 21.6. The highest BCUT2D eigenvalue weighted by Crippen LogP contribution is 2.34. The van der Waals surface area contributed by atoms with Crippen LogP contribution in [-0.2, 0) is 4.79 Å². The number of ether oxygens (including phenoxy) is 1. The molecule has 1 aliphatic rings. The summed E-state index contributed by atoms with van der Waals surface area (Å²) < 4.78 is 5.44. The normalized spacial score (nSPS) is 13.7. The zero-order valence-corrected chi connectivity index (χ0v) is 18.0. The summed E-state index contributed by atoms with van der Waals surface area (Å²) in [6.07, 6.45) is 4.14. The molecule has 2 heterocycles. The smallest absolute Gasteiger partial charge is 0.255 e. The number of hydrogen-bond acceptors (Lipinski definition) is 5. The number of hydrogen-bond donors (Lipinski definition) is 1. The monoisotopic (exact) mass is 433 g/mol. The van der Waals surface area contributed by atoms with Gasteiger partial charge < -0.3 is 15.0 Å². The summed E-state index contributed by atoms with van der Waals surface area (Å²) in [4.78, 5) is 32.1. The number of amides is 2. The minimum atomic E-state index is -0.213. The van der Waals surface area contributed by atoms with E-state index in [4.69, 9.17) is 4.74 Å². The Morgan fingerprint density at radius 3 is 2.65 bits per heavy atom. The van der Waals surface area contributed by atoms with Crippen LogP contribution < -0.4 is 15.0 Å². The number of pyridine rings is 1. The number of benzene rings is 2. The molecule has 1 aromatic heterocycles. The van der Waals surface area contributed by atoms with Crippen LogP contribution in [0.5, 0.6) is 5.75 Å². The summed E-state index contributed by atoms with van der Waals surface area (Å²) in [5.74, 6) is 0.480. The second-order valence-corrected chi connectivity index (χ2v) is 8.23. The van der Waals surface area contributed by atoms with E-state index in [-0.39, 0.29) is 11.8 Å². The van der Waals surface area contributed by atoms with Crippen LogP contribution in [0.4, 0.5) is 11.4 Å². The predicted molar refractivity (Wildman–Crippen MR) is 122 cm³/mol. The molecular formula is C24H23N3O3S. The molecule has 3 aromatic rings. The quantitative estimate of drug-likeness (QED) is 0.592. The molecular weight excluding hydrogens is 410 g/mol. The Morgan fingerprint density at radius 1 is 1.10 bits per heavy atom. The summed E-state index contributed by atoms with van der Waals surface area (Å²) in [5, 5.41) is 3.82. The fourth-order valence-corrected chi connectivity index (χ4v) is 4.22. The summed E-state index contributed by atoms with van der Waals surface area (Å²) in [5.41, 5.74) is 1.86. The number of aromatic nitrogens is 1. The lowest BCUT2D eigenvalue weighted by Gasteiger charge is -2.28. The Labute approximate surface area is 185 Å². The maximum Gasteiger partial charge on any atom is 0.255 e. The first-order valence-corrected chi connectivity index (χ1v) is 10.9. The number of nitrogens with zero attached hydrogens (tertiary/aromatic N) is 2. The van der Waals surface area contributed by atoms with E-state index in [9.17, 15) is 9.59 Å². The molecule has 1 aliphatic heterocycles. The van der Waals surface area contributed by atoms with Crippen LogP contribution in [0.2, 0.25) is 0 Å². The molecule has 4 rings (SSSR count). The largest absolute Gasteiger partial charge is 0.495 e. The minimum Gasteiger partial charge on any atom is -0.495 e. The van der Waals surface area contributed by atoms with Crippen LogP contribution in [0.1, 0.15) is 29.6 Å². The molecule has 0 saturated carbocycles. The van der Waals surface area contributed by atoms with Gasteiger partial charge in [0.15, 0.2) is 0 Å². The summed E-state index contributed by atoms with van der Waals surface area (Å²) in [6.45, 7) is 0.655. The van der Waals surface area contributed by atoms with Gasteiger partial charge in [-0.25, -0.2) is 4.98 Å². The van der Waals surface area contributed by atoms with Gasteiger partial charge in [0, 0.05) is 35.3 Å². The Bertz CT molecular complexity index is 1070. The van der Waals surface area contributed by atoms with Gasteiger partial charge in [0.2, 0.25) is 5.91 Å². The first-order chi connectivity index (χ1) is 15.1. The molecule has 6 nitrogen and oxygen atoms in total. The van der Waals surface area contributed by atoms with E-state index in [2.05, 4.69) is 10.3 Å². The maximum atomic E-state index is 12.7. The van der Waals surface area contributed by atoms with Crippen molar-refractivity contribution in [3.8, 4) is 5.75 Å². The van der Waals surface area contributed by atoms with Gasteiger partial charge in [-0.1, -0.05) is 17.8 Å². The fraction of sp³-hybridized carbons (Fsp3) is 0.208. The SMILES string of the molecule is COc1ccc(NC(=O)c2ccc(Sc3ccccn3)cc2)cc1N1CCCCC1=O. The molecule has 7 heteroatoms. The maximum absolute atomic E-state index is 12.7. The van der Waals surface area contributed by atoms with Crippen molar-refractivity contribution in [1.82, 2.24) is 4.98 Å². The third-order valence-corrected chi connectivity index (χ3v) is 5.99. The molecule has 1 fully saturated rings. The molecule has 2 aromatic carbocycles. The highest BCUT2D eigenvalue weighted by molar-refractivity contribution is 7.99. The lowest BCUT2D eigenvalue weighted by atomic mass is 10.1. The Balaban J connectivity index is 1.48. The molecule has 1 N–H and O–H groups in total. The van der Waals surface area contributed by atoms with E-state index in [1.807, 2.05) is 30.3 Å². The Morgan fingerprint density at radius 2 is 1.94 bits per heavy atom. The van der Waals surface area contributed by atoms with Crippen molar-refractivity contribution in [2.45, 2.75) is 29.2 Å². The second-order valence-electron chi connectivity index (χ2n) is 7.14. The topological polar surface area (TPSA) is 71.5 Å². The molecule has 0 bridgehead atoms. The molecule has 0 spiro atoms. The summed E-state index contributed by atoms with van der Waals surface area (Å²) in [7, 11) is 1.58. The van der Waals surface area contributed by atoms with Gasteiger partial charge in [0.1, 0.15) is 10.8 Å². The van der Waals surface area contributed by atoms with Crippen LogP contribution >= 0.6 is 11.8 Å². The van der Waals surface area contributed by atoms with E-state index < -0.39 is 0 Å². The van der Waals surface area contributed by atoms with Crippen molar-refractivity contribution in [1.29, 1.82) is 0 Å².